The zero-order chi connectivity index (χ0) is 32.6. The molecule has 10 nitrogen and oxygen atoms in total. The molecule has 0 aliphatic carbocycles. The van der Waals surface area contributed by atoms with Gasteiger partial charge in [0.05, 0.1) is 22.3 Å². The molecule has 0 bridgehead atoms. The van der Waals surface area contributed by atoms with E-state index in [9.17, 15) is 24.5 Å². The van der Waals surface area contributed by atoms with E-state index in [2.05, 4.69) is 27.7 Å². The van der Waals surface area contributed by atoms with Crippen molar-refractivity contribution in [2.75, 3.05) is 23.8 Å². The van der Waals surface area contributed by atoms with Crippen LogP contribution >= 0.6 is 23.1 Å². The molecule has 0 saturated carbocycles. The van der Waals surface area contributed by atoms with Crippen molar-refractivity contribution in [3.63, 3.8) is 0 Å². The molecule has 0 fully saturated rings. The van der Waals surface area contributed by atoms with Crippen molar-refractivity contribution in [1.82, 2.24) is 4.90 Å². The maximum atomic E-state index is 13.6. The fourth-order valence-electron chi connectivity index (χ4n) is 5.20. The third kappa shape index (κ3) is 8.00. The molecule has 2 heterocycles. The summed E-state index contributed by atoms with van der Waals surface area (Å²) in [7, 11) is 0. The van der Waals surface area contributed by atoms with Crippen LogP contribution in [0.4, 0.5) is 16.4 Å². The fraction of sp³-hybridized carbons (Fsp3) is 0.265. The third-order valence-corrected chi connectivity index (χ3v) is 9.97. The number of carbonyl (C=O) groups excluding carboxylic acids is 3. The van der Waals surface area contributed by atoms with E-state index in [1.165, 1.54) is 52.9 Å². The minimum absolute atomic E-state index is 0.0963. The fourth-order valence-corrected chi connectivity index (χ4v) is 7.50. The van der Waals surface area contributed by atoms with Crippen molar-refractivity contribution in [3.05, 3.63) is 116 Å². The number of hydrogen-bond donors (Lipinski definition) is 2. The molecule has 1 unspecified atom stereocenters. The second kappa shape index (κ2) is 15.2. The van der Waals surface area contributed by atoms with Crippen molar-refractivity contribution < 1.29 is 24.0 Å². The molecule has 3 aromatic carbocycles. The monoisotopic (exact) mass is 658 g/mol. The Hall–Kier alpha value is -4.52. The standard InChI is InChI=1S/C34H34N4O6S2/c1-3-28(45-26-12-8-11-24(19-26)35-31(39)23-13-15-25(16-14-23)38(42)43)32(40)36-33-30(34(41)44-4-2)27-17-18-37(21-29(27)46-33)20-22-9-6-5-7-10-22/h5-16,19,28H,3-4,17-18,20-21H2,1-2H3,(H,35,39)(H,36,40). The number of non-ortho nitro benzene ring substituents is 1. The lowest BCUT2D eigenvalue weighted by Crippen LogP contribution is -2.30. The lowest BCUT2D eigenvalue weighted by atomic mass is 10.0. The van der Waals surface area contributed by atoms with Gasteiger partial charge >= 0.3 is 5.97 Å². The number of fused-ring (bicyclic) bond motifs is 1. The van der Waals surface area contributed by atoms with Gasteiger partial charge in [-0.25, -0.2) is 4.79 Å². The predicted molar refractivity (Wildman–Crippen MR) is 181 cm³/mol. The topological polar surface area (TPSA) is 131 Å². The molecule has 1 aliphatic rings. The van der Waals surface area contributed by atoms with Gasteiger partial charge in [0.15, 0.2) is 0 Å². The first kappa shape index (κ1) is 32.9. The lowest BCUT2D eigenvalue weighted by Gasteiger charge is -2.27. The molecule has 5 rings (SSSR count). The Balaban J connectivity index is 1.28. The Bertz CT molecular complexity index is 1730. The van der Waals surface area contributed by atoms with Crippen LogP contribution < -0.4 is 10.6 Å². The lowest BCUT2D eigenvalue weighted by molar-refractivity contribution is -0.384. The number of nitrogens with zero attached hydrogens (tertiary/aromatic N) is 2. The number of nitro benzene ring substituents is 1. The van der Waals surface area contributed by atoms with E-state index in [-0.39, 0.29) is 23.8 Å². The smallest absolute Gasteiger partial charge is 0.341 e. The van der Waals surface area contributed by atoms with E-state index in [4.69, 9.17) is 4.74 Å². The van der Waals surface area contributed by atoms with Crippen LogP contribution in [-0.2, 0) is 29.0 Å². The Morgan fingerprint density at radius 1 is 1.02 bits per heavy atom. The van der Waals surface area contributed by atoms with Crippen LogP contribution in [-0.4, -0.2) is 46.0 Å². The number of thiophene rings is 1. The first-order chi connectivity index (χ1) is 22.2. The molecular weight excluding hydrogens is 625 g/mol. The third-order valence-electron chi connectivity index (χ3n) is 7.48. The number of thioether (sulfide) groups is 1. The number of nitrogens with one attached hydrogen (secondary N) is 2. The van der Waals surface area contributed by atoms with Gasteiger partial charge in [-0.2, -0.15) is 0 Å². The first-order valence-corrected chi connectivity index (χ1v) is 16.7. The average molecular weight is 659 g/mol. The number of amides is 2. The highest BCUT2D eigenvalue weighted by Crippen LogP contribution is 2.39. The van der Waals surface area contributed by atoms with E-state index in [0.717, 1.165) is 28.4 Å². The van der Waals surface area contributed by atoms with Crippen molar-refractivity contribution in [2.45, 2.75) is 49.9 Å². The molecule has 238 valence electrons. The summed E-state index contributed by atoms with van der Waals surface area (Å²) < 4.78 is 5.41. The summed E-state index contributed by atoms with van der Waals surface area (Å²) in [6, 6.07) is 22.8. The van der Waals surface area contributed by atoms with Gasteiger partial charge in [0, 0.05) is 52.8 Å². The zero-order valence-corrected chi connectivity index (χ0v) is 27.1. The second-order valence-electron chi connectivity index (χ2n) is 10.7. The number of anilines is 2. The van der Waals surface area contributed by atoms with Crippen LogP contribution in [0.15, 0.2) is 83.8 Å². The summed E-state index contributed by atoms with van der Waals surface area (Å²) in [6.45, 7) is 6.20. The normalized spacial score (nSPS) is 13.3. The molecule has 0 radical (unpaired) electrons. The maximum absolute atomic E-state index is 13.6. The minimum atomic E-state index is -0.520. The molecule has 0 saturated heterocycles. The highest BCUT2D eigenvalue weighted by molar-refractivity contribution is 8.00. The molecular formula is C34H34N4O6S2. The molecule has 2 amide bonds. The van der Waals surface area contributed by atoms with Gasteiger partial charge in [-0.05, 0) is 61.2 Å². The number of ether oxygens (including phenoxy) is 1. The Morgan fingerprint density at radius 2 is 1.78 bits per heavy atom. The predicted octanol–water partition coefficient (Wildman–Crippen LogP) is 7.15. The summed E-state index contributed by atoms with van der Waals surface area (Å²) in [6.07, 6.45) is 1.22. The van der Waals surface area contributed by atoms with Crippen molar-refractivity contribution >= 4 is 57.3 Å². The molecule has 2 N–H and O–H groups in total. The van der Waals surface area contributed by atoms with Crippen LogP contribution in [0, 0.1) is 10.1 Å². The Kier molecular flexibility index (Phi) is 10.8. The molecule has 12 heteroatoms. The summed E-state index contributed by atoms with van der Waals surface area (Å²) in [4.78, 5) is 54.0. The van der Waals surface area contributed by atoms with Gasteiger partial charge in [0.2, 0.25) is 5.91 Å². The van der Waals surface area contributed by atoms with E-state index in [0.29, 0.717) is 35.6 Å². The highest BCUT2D eigenvalue weighted by atomic mass is 32.2. The first-order valence-electron chi connectivity index (χ1n) is 15.0. The Labute approximate surface area is 275 Å². The number of hydrogen-bond acceptors (Lipinski definition) is 9. The van der Waals surface area contributed by atoms with E-state index >= 15 is 0 Å². The van der Waals surface area contributed by atoms with Gasteiger partial charge in [-0.3, -0.25) is 24.6 Å². The SMILES string of the molecule is CCOC(=O)c1c(NC(=O)C(CC)Sc2cccc(NC(=O)c3ccc([N+](=O)[O-])cc3)c2)sc2c1CCN(Cc1ccccc1)C2. The number of rotatable bonds is 12. The van der Waals surface area contributed by atoms with Crippen LogP contribution in [0.5, 0.6) is 0 Å². The molecule has 1 aliphatic heterocycles. The number of benzene rings is 3. The van der Waals surface area contributed by atoms with Gasteiger partial charge in [0.1, 0.15) is 5.00 Å². The summed E-state index contributed by atoms with van der Waals surface area (Å²) >= 11 is 2.80. The Morgan fingerprint density at radius 3 is 2.48 bits per heavy atom. The minimum Gasteiger partial charge on any atom is -0.462 e. The highest BCUT2D eigenvalue weighted by Gasteiger charge is 2.31. The molecule has 4 aromatic rings. The van der Waals surface area contributed by atoms with E-state index in [1.54, 1.807) is 25.1 Å². The summed E-state index contributed by atoms with van der Waals surface area (Å²) in [5, 5.41) is 16.8. The summed E-state index contributed by atoms with van der Waals surface area (Å²) in [5.41, 5.74) is 3.33. The van der Waals surface area contributed by atoms with Gasteiger partial charge in [-0.1, -0.05) is 43.3 Å². The van der Waals surface area contributed by atoms with E-state index in [1.807, 2.05) is 31.2 Å². The van der Waals surface area contributed by atoms with Gasteiger partial charge in [-0.15, -0.1) is 23.1 Å². The van der Waals surface area contributed by atoms with Crippen molar-refractivity contribution in [3.8, 4) is 0 Å². The average Bonchev–Trinajstić information content (AvgIpc) is 3.41. The second-order valence-corrected chi connectivity index (χ2v) is 13.0. The molecule has 46 heavy (non-hydrogen) atoms. The van der Waals surface area contributed by atoms with Crippen LogP contribution in [0.1, 0.15) is 57.0 Å². The molecule has 1 aromatic heterocycles. The number of carbonyl (C=O) groups is 3. The van der Waals surface area contributed by atoms with Crippen molar-refractivity contribution in [1.29, 1.82) is 0 Å². The molecule has 1 atom stereocenters. The quantitative estimate of drug-likeness (QED) is 0.0710. The largest absolute Gasteiger partial charge is 0.462 e. The maximum Gasteiger partial charge on any atom is 0.341 e. The zero-order valence-electron chi connectivity index (χ0n) is 25.5. The van der Waals surface area contributed by atoms with E-state index < -0.39 is 22.0 Å². The van der Waals surface area contributed by atoms with Crippen LogP contribution in [0.3, 0.4) is 0 Å². The van der Waals surface area contributed by atoms with Crippen LogP contribution in [0.2, 0.25) is 0 Å². The summed E-state index contributed by atoms with van der Waals surface area (Å²) in [5.74, 6) is -1.06. The molecule has 0 spiro atoms. The van der Waals surface area contributed by atoms with Gasteiger partial charge in [0.25, 0.3) is 11.6 Å². The number of esters is 1. The van der Waals surface area contributed by atoms with Crippen LogP contribution in [0.25, 0.3) is 0 Å². The van der Waals surface area contributed by atoms with Crippen molar-refractivity contribution in [2.24, 2.45) is 0 Å². The van der Waals surface area contributed by atoms with Gasteiger partial charge < -0.3 is 15.4 Å². The number of nitro groups is 1.